The summed E-state index contributed by atoms with van der Waals surface area (Å²) in [6, 6.07) is 5.83. The summed E-state index contributed by atoms with van der Waals surface area (Å²) in [6.07, 6.45) is 3.65. The van der Waals surface area contributed by atoms with Crippen molar-refractivity contribution < 1.29 is 9.90 Å². The Morgan fingerprint density at radius 3 is 2.76 bits per heavy atom. The molecule has 5 nitrogen and oxygen atoms in total. The number of nitrogens with zero attached hydrogens (tertiary/aromatic N) is 2. The Morgan fingerprint density at radius 1 is 1.38 bits per heavy atom. The summed E-state index contributed by atoms with van der Waals surface area (Å²) in [4.78, 5) is 23.5. The number of fused-ring (bicyclic) bond motifs is 1. The fraction of sp³-hybridized carbons (Fsp3) is 0.438. The third-order valence-corrected chi connectivity index (χ3v) is 3.81. The summed E-state index contributed by atoms with van der Waals surface area (Å²) in [5.74, 6) is -0.925. The van der Waals surface area contributed by atoms with E-state index in [9.17, 15) is 9.59 Å². The van der Waals surface area contributed by atoms with Crippen molar-refractivity contribution in [3.63, 3.8) is 0 Å². The first-order chi connectivity index (χ1) is 10.1. The number of hydrogen-bond donors (Lipinski definition) is 1. The van der Waals surface area contributed by atoms with Crippen molar-refractivity contribution in [1.82, 2.24) is 9.78 Å². The predicted octanol–water partition coefficient (Wildman–Crippen LogP) is 2.31. The second-order valence-corrected chi connectivity index (χ2v) is 5.63. The number of rotatable bonds is 5. The molecule has 2 aromatic rings. The molecule has 0 radical (unpaired) electrons. The molecule has 0 unspecified atom stereocenters. The van der Waals surface area contributed by atoms with Gasteiger partial charge in [-0.25, -0.2) is 4.68 Å². The first-order valence-electron chi connectivity index (χ1n) is 7.36. The summed E-state index contributed by atoms with van der Waals surface area (Å²) >= 11 is 0. The summed E-state index contributed by atoms with van der Waals surface area (Å²) < 4.78 is 1.47. The molecule has 0 spiro atoms. The number of aryl methyl sites for hydroxylation is 1. The third-order valence-electron chi connectivity index (χ3n) is 3.81. The number of hydrogen-bond acceptors (Lipinski definition) is 3. The van der Waals surface area contributed by atoms with Gasteiger partial charge in [0.15, 0.2) is 0 Å². The van der Waals surface area contributed by atoms with E-state index >= 15 is 0 Å². The summed E-state index contributed by atoms with van der Waals surface area (Å²) in [5, 5.41) is 14.7. The van der Waals surface area contributed by atoms with Gasteiger partial charge in [0.25, 0.3) is 5.56 Å². The van der Waals surface area contributed by atoms with Crippen LogP contribution in [0.5, 0.6) is 0 Å². The van der Waals surface area contributed by atoms with Gasteiger partial charge in [-0.3, -0.25) is 9.59 Å². The quantitative estimate of drug-likeness (QED) is 0.915. The molecule has 0 saturated heterocycles. The van der Waals surface area contributed by atoms with E-state index in [1.807, 2.05) is 18.2 Å². The monoisotopic (exact) mass is 286 g/mol. The molecule has 3 rings (SSSR count). The number of carboxylic acids is 1. The maximum Gasteiger partial charge on any atom is 0.309 e. The topological polar surface area (TPSA) is 72.2 Å². The zero-order valence-electron chi connectivity index (χ0n) is 12.0. The number of aliphatic carboxylic acids is 1. The Morgan fingerprint density at radius 2 is 2.14 bits per heavy atom. The van der Waals surface area contributed by atoms with Crippen LogP contribution in [0.3, 0.4) is 0 Å². The van der Waals surface area contributed by atoms with Crippen LogP contribution in [0.4, 0.5) is 0 Å². The molecule has 1 fully saturated rings. The molecule has 1 heterocycles. The van der Waals surface area contributed by atoms with E-state index in [4.69, 9.17) is 5.11 Å². The third kappa shape index (κ3) is 2.68. The highest BCUT2D eigenvalue weighted by molar-refractivity contribution is 5.87. The van der Waals surface area contributed by atoms with Gasteiger partial charge in [-0.15, -0.1) is 0 Å². The van der Waals surface area contributed by atoms with E-state index in [1.165, 1.54) is 4.68 Å². The lowest BCUT2D eigenvalue weighted by Gasteiger charge is -2.10. The van der Waals surface area contributed by atoms with Crippen molar-refractivity contribution in [1.29, 1.82) is 0 Å². The zero-order valence-corrected chi connectivity index (χ0v) is 12.0. The van der Waals surface area contributed by atoms with Gasteiger partial charge in [-0.1, -0.05) is 19.4 Å². The molecule has 1 aliphatic carbocycles. The Hall–Kier alpha value is -2.17. The van der Waals surface area contributed by atoms with Crippen molar-refractivity contribution in [2.45, 2.75) is 45.1 Å². The molecular formula is C16H18N2O3. The Labute approximate surface area is 122 Å². The van der Waals surface area contributed by atoms with Crippen LogP contribution < -0.4 is 5.56 Å². The van der Waals surface area contributed by atoms with Crippen LogP contribution in [0.1, 0.15) is 43.5 Å². The van der Waals surface area contributed by atoms with E-state index < -0.39 is 5.97 Å². The molecule has 0 atom stereocenters. The lowest BCUT2D eigenvalue weighted by Crippen LogP contribution is -2.24. The highest BCUT2D eigenvalue weighted by atomic mass is 16.4. The van der Waals surface area contributed by atoms with Crippen molar-refractivity contribution in [3.05, 3.63) is 39.8 Å². The van der Waals surface area contributed by atoms with E-state index in [0.717, 1.165) is 31.2 Å². The molecular weight excluding hydrogens is 268 g/mol. The van der Waals surface area contributed by atoms with Gasteiger partial charge in [-0.2, -0.15) is 5.10 Å². The lowest BCUT2D eigenvalue weighted by atomic mass is 10.0. The average Bonchev–Trinajstić information content (AvgIpc) is 3.26. The highest BCUT2D eigenvalue weighted by Crippen LogP contribution is 2.33. The maximum absolute atomic E-state index is 12.5. The Kier molecular flexibility index (Phi) is 3.49. The second-order valence-electron chi connectivity index (χ2n) is 5.63. The fourth-order valence-corrected chi connectivity index (χ4v) is 2.65. The molecule has 0 aliphatic heterocycles. The van der Waals surface area contributed by atoms with Gasteiger partial charge in [0, 0.05) is 5.39 Å². The fourth-order valence-electron chi connectivity index (χ4n) is 2.65. The first-order valence-corrected chi connectivity index (χ1v) is 7.36. The van der Waals surface area contributed by atoms with Crippen LogP contribution in [0.15, 0.2) is 23.0 Å². The van der Waals surface area contributed by atoms with Crippen molar-refractivity contribution in [2.24, 2.45) is 0 Å². The number of benzene rings is 1. The summed E-state index contributed by atoms with van der Waals surface area (Å²) in [5.41, 5.74) is 1.49. The molecule has 1 aliphatic rings. The van der Waals surface area contributed by atoms with Gasteiger partial charge in [0.1, 0.15) is 0 Å². The van der Waals surface area contributed by atoms with Crippen LogP contribution in [-0.4, -0.2) is 20.9 Å². The maximum atomic E-state index is 12.5. The minimum atomic E-state index is -0.925. The minimum absolute atomic E-state index is 0.107. The Balaban J connectivity index is 2.22. The average molecular weight is 286 g/mol. The van der Waals surface area contributed by atoms with E-state index in [0.29, 0.717) is 16.5 Å². The summed E-state index contributed by atoms with van der Waals surface area (Å²) in [6.45, 7) is 2.09. The minimum Gasteiger partial charge on any atom is -0.481 e. The number of carboxylic acid groups (broad SMARTS) is 1. The number of aromatic nitrogens is 2. The normalized spacial score (nSPS) is 14.5. The van der Waals surface area contributed by atoms with Gasteiger partial charge in [0.2, 0.25) is 0 Å². The molecule has 0 bridgehead atoms. The van der Waals surface area contributed by atoms with Crippen LogP contribution in [0.25, 0.3) is 10.8 Å². The second kappa shape index (κ2) is 5.31. The zero-order chi connectivity index (χ0) is 15.0. The summed E-state index contributed by atoms with van der Waals surface area (Å²) in [7, 11) is 0. The predicted molar refractivity (Wildman–Crippen MR) is 79.6 cm³/mol. The molecule has 0 amide bonds. The SMILES string of the molecule is CCCc1ccc2c(=O)n(C3CC3)nc(CC(=O)O)c2c1. The van der Waals surface area contributed by atoms with Crippen molar-refractivity contribution in [3.8, 4) is 0 Å². The molecule has 1 aromatic heterocycles. The smallest absolute Gasteiger partial charge is 0.309 e. The number of carbonyl (C=O) groups is 1. The van der Waals surface area contributed by atoms with Gasteiger partial charge < -0.3 is 5.11 Å². The van der Waals surface area contributed by atoms with Gasteiger partial charge in [0.05, 0.1) is 23.5 Å². The van der Waals surface area contributed by atoms with E-state index in [2.05, 4.69) is 12.0 Å². The molecule has 1 saturated carbocycles. The largest absolute Gasteiger partial charge is 0.481 e. The van der Waals surface area contributed by atoms with Crippen molar-refractivity contribution in [2.75, 3.05) is 0 Å². The molecule has 1 aromatic carbocycles. The Bertz CT molecular complexity index is 760. The molecule has 21 heavy (non-hydrogen) atoms. The highest BCUT2D eigenvalue weighted by Gasteiger charge is 2.27. The molecule has 110 valence electrons. The van der Waals surface area contributed by atoms with Gasteiger partial charge in [-0.05, 0) is 37.0 Å². The lowest BCUT2D eigenvalue weighted by molar-refractivity contribution is -0.136. The van der Waals surface area contributed by atoms with E-state index in [-0.39, 0.29) is 18.0 Å². The standard InChI is InChI=1S/C16H18N2O3/c1-2-3-10-4-7-12-13(8-10)14(9-15(19)20)17-18(16(12)21)11-5-6-11/h4,7-8,11H,2-3,5-6,9H2,1H3,(H,19,20). The molecule has 5 heteroatoms. The van der Waals surface area contributed by atoms with E-state index in [1.54, 1.807) is 0 Å². The van der Waals surface area contributed by atoms with Crippen molar-refractivity contribution >= 4 is 16.7 Å². The van der Waals surface area contributed by atoms with Crippen LogP contribution in [0.2, 0.25) is 0 Å². The van der Waals surface area contributed by atoms with Crippen LogP contribution in [0, 0.1) is 0 Å². The first kappa shape index (κ1) is 13.8. The van der Waals surface area contributed by atoms with Crippen LogP contribution >= 0.6 is 0 Å². The van der Waals surface area contributed by atoms with Crippen LogP contribution in [-0.2, 0) is 17.6 Å². The molecule has 1 N–H and O–H groups in total. The van der Waals surface area contributed by atoms with Gasteiger partial charge >= 0.3 is 5.97 Å².